The number of hydrogen-bond acceptors (Lipinski definition) is 2. The number of fused-ring (bicyclic) bond motifs is 1. The first-order valence-corrected chi connectivity index (χ1v) is 6.95. The number of Topliss-reactive ketones (excluding diaryl/α,β-unsaturated/α-hetero) is 1. The van der Waals surface area contributed by atoms with Crippen molar-refractivity contribution in [1.29, 1.82) is 0 Å². The van der Waals surface area contributed by atoms with E-state index in [-0.39, 0.29) is 11.9 Å². The summed E-state index contributed by atoms with van der Waals surface area (Å²) in [5.41, 5.74) is 1.72. The first-order chi connectivity index (χ1) is 9.16. The molecule has 0 radical (unpaired) electrons. The van der Waals surface area contributed by atoms with E-state index in [0.717, 1.165) is 35.7 Å². The maximum absolute atomic E-state index is 12.5. The summed E-state index contributed by atoms with van der Waals surface area (Å²) < 4.78 is 7.53. The lowest BCUT2D eigenvalue weighted by Gasteiger charge is -2.20. The maximum atomic E-state index is 12.5. The summed E-state index contributed by atoms with van der Waals surface area (Å²) in [6, 6.07) is 5.62. The monoisotopic (exact) mass is 277 g/mol. The van der Waals surface area contributed by atoms with E-state index in [4.69, 9.17) is 16.3 Å². The molecule has 3 rings (SSSR count). The Hall–Kier alpha value is -1.32. The fourth-order valence-corrected chi connectivity index (χ4v) is 2.84. The molecular weight excluding hydrogens is 262 g/mol. The van der Waals surface area contributed by atoms with Gasteiger partial charge in [0, 0.05) is 41.3 Å². The quantitative estimate of drug-likeness (QED) is 0.786. The second kappa shape index (κ2) is 4.99. The number of hydrogen-bond donors (Lipinski definition) is 0. The number of carbonyl (C=O) groups excluding carboxylic acids is 1. The summed E-state index contributed by atoms with van der Waals surface area (Å²) in [5.74, 6) is 0.0904. The van der Waals surface area contributed by atoms with Crippen LogP contribution in [0, 0.1) is 0 Å². The average Bonchev–Trinajstić information content (AvgIpc) is 2.76. The molecule has 0 aliphatic carbocycles. The van der Waals surface area contributed by atoms with Crippen LogP contribution in [0.15, 0.2) is 24.4 Å². The Balaban J connectivity index is 2.02. The predicted molar refractivity (Wildman–Crippen MR) is 75.9 cm³/mol. The van der Waals surface area contributed by atoms with E-state index < -0.39 is 0 Å². The Kier molecular flexibility index (Phi) is 3.33. The zero-order chi connectivity index (χ0) is 13.4. The third-order valence-electron chi connectivity index (χ3n) is 3.69. The van der Waals surface area contributed by atoms with Crippen molar-refractivity contribution < 1.29 is 9.53 Å². The Morgan fingerprint density at radius 3 is 3.00 bits per heavy atom. The van der Waals surface area contributed by atoms with Gasteiger partial charge in [0.1, 0.15) is 6.10 Å². The molecule has 1 aliphatic heterocycles. The van der Waals surface area contributed by atoms with E-state index in [1.165, 1.54) is 0 Å². The summed E-state index contributed by atoms with van der Waals surface area (Å²) in [7, 11) is 1.93. The maximum Gasteiger partial charge on any atom is 0.193 e. The van der Waals surface area contributed by atoms with Gasteiger partial charge in [-0.3, -0.25) is 4.79 Å². The molecule has 2 heterocycles. The number of nitrogens with zero attached hydrogens (tertiary/aromatic N) is 1. The van der Waals surface area contributed by atoms with Gasteiger partial charge in [0.05, 0.1) is 0 Å². The van der Waals surface area contributed by atoms with Crippen LogP contribution in [0.3, 0.4) is 0 Å². The van der Waals surface area contributed by atoms with E-state index in [0.29, 0.717) is 11.6 Å². The Morgan fingerprint density at radius 2 is 2.26 bits per heavy atom. The zero-order valence-corrected chi connectivity index (χ0v) is 11.6. The number of ether oxygens (including phenoxy) is 1. The van der Waals surface area contributed by atoms with Gasteiger partial charge in [-0.15, -0.1) is 0 Å². The van der Waals surface area contributed by atoms with Crippen molar-refractivity contribution in [3.8, 4) is 0 Å². The van der Waals surface area contributed by atoms with Crippen LogP contribution < -0.4 is 0 Å². The van der Waals surface area contributed by atoms with E-state index >= 15 is 0 Å². The number of rotatable bonds is 2. The van der Waals surface area contributed by atoms with Gasteiger partial charge in [-0.05, 0) is 31.4 Å². The number of aryl methyl sites for hydroxylation is 1. The minimum Gasteiger partial charge on any atom is -0.370 e. The van der Waals surface area contributed by atoms with Gasteiger partial charge in [0.2, 0.25) is 0 Å². The predicted octanol–water partition coefficient (Wildman–Crippen LogP) is 3.58. The van der Waals surface area contributed by atoms with Crippen LogP contribution >= 0.6 is 11.6 Å². The van der Waals surface area contributed by atoms with Gasteiger partial charge in [-0.25, -0.2) is 0 Å². The highest BCUT2D eigenvalue weighted by molar-refractivity contribution is 6.31. The topological polar surface area (TPSA) is 31.2 Å². The van der Waals surface area contributed by atoms with Crippen molar-refractivity contribution in [3.05, 3.63) is 35.0 Å². The van der Waals surface area contributed by atoms with E-state index in [2.05, 4.69) is 0 Å². The number of carbonyl (C=O) groups is 1. The molecular formula is C15H16ClNO2. The van der Waals surface area contributed by atoms with Crippen LogP contribution in [-0.4, -0.2) is 23.1 Å². The van der Waals surface area contributed by atoms with Crippen molar-refractivity contribution >= 4 is 28.3 Å². The molecule has 1 unspecified atom stereocenters. The SMILES string of the molecule is Cn1cc(C(=O)C2CCCCO2)c2ccc(Cl)cc21. The lowest BCUT2D eigenvalue weighted by atomic mass is 9.99. The van der Waals surface area contributed by atoms with Gasteiger partial charge in [0.15, 0.2) is 5.78 Å². The third kappa shape index (κ3) is 2.28. The molecule has 3 nitrogen and oxygen atoms in total. The molecule has 1 aromatic heterocycles. The smallest absolute Gasteiger partial charge is 0.193 e. The normalized spacial score (nSPS) is 19.8. The lowest BCUT2D eigenvalue weighted by Crippen LogP contribution is -2.28. The molecule has 0 bridgehead atoms. The van der Waals surface area contributed by atoms with Gasteiger partial charge >= 0.3 is 0 Å². The standard InChI is InChI=1S/C15H16ClNO2/c1-17-9-12(11-6-5-10(16)8-13(11)17)15(18)14-4-2-3-7-19-14/h5-6,8-9,14H,2-4,7H2,1H3. The summed E-state index contributed by atoms with van der Waals surface area (Å²) in [6.07, 6.45) is 4.53. The van der Waals surface area contributed by atoms with Gasteiger partial charge in [0.25, 0.3) is 0 Å². The number of aromatic nitrogens is 1. The molecule has 0 spiro atoms. The van der Waals surface area contributed by atoms with Crippen molar-refractivity contribution in [3.63, 3.8) is 0 Å². The first kappa shape index (κ1) is 12.7. The average molecular weight is 278 g/mol. The molecule has 100 valence electrons. The summed E-state index contributed by atoms with van der Waals surface area (Å²) in [4.78, 5) is 12.5. The fourth-order valence-electron chi connectivity index (χ4n) is 2.67. The largest absolute Gasteiger partial charge is 0.370 e. The zero-order valence-electron chi connectivity index (χ0n) is 10.9. The fraction of sp³-hybridized carbons (Fsp3) is 0.400. The second-order valence-electron chi connectivity index (χ2n) is 5.03. The Morgan fingerprint density at radius 1 is 1.42 bits per heavy atom. The lowest BCUT2D eigenvalue weighted by molar-refractivity contribution is 0.0187. The molecule has 2 aromatic rings. The Labute approximate surface area is 117 Å². The number of ketones is 1. The molecule has 0 amide bonds. The number of halogens is 1. The molecule has 1 saturated heterocycles. The molecule has 1 aliphatic rings. The molecule has 1 aromatic carbocycles. The number of benzene rings is 1. The van der Waals surface area contributed by atoms with Gasteiger partial charge < -0.3 is 9.30 Å². The molecule has 4 heteroatoms. The Bertz CT molecular complexity index is 626. The van der Waals surface area contributed by atoms with Gasteiger partial charge in [-0.2, -0.15) is 0 Å². The van der Waals surface area contributed by atoms with Gasteiger partial charge in [-0.1, -0.05) is 17.7 Å². The van der Waals surface area contributed by atoms with Crippen molar-refractivity contribution in [2.75, 3.05) is 6.61 Å². The van der Waals surface area contributed by atoms with E-state index in [1.54, 1.807) is 0 Å². The van der Waals surface area contributed by atoms with Crippen LogP contribution in [0.1, 0.15) is 29.6 Å². The third-order valence-corrected chi connectivity index (χ3v) is 3.93. The molecule has 1 atom stereocenters. The summed E-state index contributed by atoms with van der Waals surface area (Å²) in [6.45, 7) is 0.688. The van der Waals surface area contributed by atoms with Crippen LogP contribution in [-0.2, 0) is 11.8 Å². The molecule has 0 saturated carbocycles. The van der Waals surface area contributed by atoms with Crippen LogP contribution in [0.4, 0.5) is 0 Å². The minimum absolute atomic E-state index is 0.0904. The van der Waals surface area contributed by atoms with Crippen LogP contribution in [0.2, 0.25) is 5.02 Å². The highest BCUT2D eigenvalue weighted by atomic mass is 35.5. The molecule has 19 heavy (non-hydrogen) atoms. The van der Waals surface area contributed by atoms with Crippen molar-refractivity contribution in [2.24, 2.45) is 7.05 Å². The summed E-state index contributed by atoms with van der Waals surface area (Å²) >= 11 is 6.01. The first-order valence-electron chi connectivity index (χ1n) is 6.57. The van der Waals surface area contributed by atoms with E-state index in [1.807, 2.05) is 36.0 Å². The van der Waals surface area contributed by atoms with Crippen molar-refractivity contribution in [1.82, 2.24) is 4.57 Å². The molecule has 0 N–H and O–H groups in total. The molecule has 1 fully saturated rings. The van der Waals surface area contributed by atoms with E-state index in [9.17, 15) is 4.79 Å². The highest BCUT2D eigenvalue weighted by Gasteiger charge is 2.25. The van der Waals surface area contributed by atoms with Crippen LogP contribution in [0.25, 0.3) is 10.9 Å². The summed E-state index contributed by atoms with van der Waals surface area (Å²) in [5, 5.41) is 1.63. The highest BCUT2D eigenvalue weighted by Crippen LogP contribution is 2.27. The van der Waals surface area contributed by atoms with Crippen molar-refractivity contribution in [2.45, 2.75) is 25.4 Å². The minimum atomic E-state index is -0.282. The second-order valence-corrected chi connectivity index (χ2v) is 5.47. The van der Waals surface area contributed by atoms with Crippen LogP contribution in [0.5, 0.6) is 0 Å².